The van der Waals surface area contributed by atoms with Crippen LogP contribution in [0.3, 0.4) is 0 Å². The maximum Gasteiger partial charge on any atom is 0.340 e. The highest BCUT2D eigenvalue weighted by Gasteiger charge is 2.45. The number of benzene rings is 2. The van der Waals surface area contributed by atoms with Crippen molar-refractivity contribution >= 4 is 16.9 Å². The van der Waals surface area contributed by atoms with Crippen LogP contribution in [-0.2, 0) is 17.6 Å². The summed E-state index contributed by atoms with van der Waals surface area (Å²) in [6.45, 7) is 2.08. The first kappa shape index (κ1) is 29.1. The van der Waals surface area contributed by atoms with E-state index in [1.165, 1.54) is 0 Å². The molecule has 1 aliphatic rings. The van der Waals surface area contributed by atoms with E-state index in [1.54, 1.807) is 6.07 Å². The number of aromatic nitrogens is 2. The van der Waals surface area contributed by atoms with Gasteiger partial charge in [0, 0.05) is 11.5 Å². The zero-order valence-corrected chi connectivity index (χ0v) is 21.8. The molecule has 214 valence electrons. The molecule has 5 atom stereocenters. The third-order valence-electron chi connectivity index (χ3n) is 6.76. The van der Waals surface area contributed by atoms with Crippen LogP contribution >= 0.6 is 0 Å². The smallest absolute Gasteiger partial charge is 0.340 e. The Morgan fingerprint density at radius 1 is 1.15 bits per heavy atom. The first-order valence-corrected chi connectivity index (χ1v) is 12.8. The summed E-state index contributed by atoms with van der Waals surface area (Å²) >= 11 is 0. The molecular formula is C26H32N6O8. The fraction of sp³-hybridized carbons (Fsp3) is 0.462. The van der Waals surface area contributed by atoms with E-state index in [1.807, 2.05) is 37.3 Å². The van der Waals surface area contributed by atoms with Gasteiger partial charge in [-0.15, -0.1) is 5.10 Å². The quantitative estimate of drug-likeness (QED) is 0.0993. The van der Waals surface area contributed by atoms with Crippen molar-refractivity contribution in [2.75, 3.05) is 19.8 Å². The number of aliphatic hydroxyl groups excluding tert-OH is 4. The summed E-state index contributed by atoms with van der Waals surface area (Å²) in [5, 5.41) is 48.4. The molecule has 14 heteroatoms. The van der Waals surface area contributed by atoms with Gasteiger partial charge >= 0.3 is 6.03 Å². The Bertz CT molecular complexity index is 1370. The van der Waals surface area contributed by atoms with Gasteiger partial charge in [0.2, 0.25) is 12.2 Å². The molecule has 14 nitrogen and oxygen atoms in total. The number of nitrogens with zero attached hydrogens (tertiary/aromatic N) is 5. The molecule has 2 heterocycles. The average Bonchev–Trinajstić information content (AvgIpc) is 3.32. The second kappa shape index (κ2) is 13.0. The molecule has 0 saturated carbocycles. The highest BCUT2D eigenvalue weighted by molar-refractivity contribution is 5.95. The van der Waals surface area contributed by atoms with Gasteiger partial charge < -0.3 is 40.4 Å². The number of hydrogen-bond donors (Lipinski definition) is 5. The molecule has 4 rings (SSSR count). The standard InChI is InChI=1S/C26H32N6O8/c1-14-3-10-18-20(17(14)9-6-15-4-7-16(8-5-15)38-12-2-11-29-31-28)24(30-32(18)26(27)37)40-25-23(36)22(35)21(34)19(13-33)39-25/h3-5,7-8,10,19,21-23,25,33-36H,2,6,9,11-13H2,1H3,(H2,27,37)/t19-,21-,22+,23-,25+/m1/s1. The summed E-state index contributed by atoms with van der Waals surface area (Å²) in [5.74, 6) is 0.641. The zero-order chi connectivity index (χ0) is 28.8. The summed E-state index contributed by atoms with van der Waals surface area (Å²) in [6.07, 6.45) is -5.73. The van der Waals surface area contributed by atoms with Crippen LogP contribution in [0, 0.1) is 6.92 Å². The zero-order valence-electron chi connectivity index (χ0n) is 21.8. The SMILES string of the molecule is Cc1ccc2c(c(O[C@@H]3O[C@H](CO)[C@@H](O)[C@H](O)[C@H]3O)nn2C(N)=O)c1CCc1ccc(OCCCN=[N+]=[N-])cc1. The molecule has 2 aromatic carbocycles. The topological polar surface area (TPSA) is 218 Å². The average molecular weight is 557 g/mol. The number of carbonyl (C=O) groups is 1. The molecule has 3 aromatic rings. The van der Waals surface area contributed by atoms with Crippen LogP contribution in [0.1, 0.15) is 23.1 Å². The van der Waals surface area contributed by atoms with Gasteiger partial charge in [0.25, 0.3) is 0 Å². The van der Waals surface area contributed by atoms with Crippen molar-refractivity contribution in [2.24, 2.45) is 10.8 Å². The number of nitrogens with two attached hydrogens (primary N) is 1. The van der Waals surface area contributed by atoms with Crippen molar-refractivity contribution < 1.29 is 39.4 Å². The predicted octanol–water partition coefficient (Wildman–Crippen LogP) is 1.31. The van der Waals surface area contributed by atoms with Crippen LogP contribution in [0.5, 0.6) is 11.6 Å². The Kier molecular flexibility index (Phi) is 9.42. The van der Waals surface area contributed by atoms with Gasteiger partial charge in [-0.05, 0) is 66.6 Å². The van der Waals surface area contributed by atoms with Crippen LogP contribution in [0.15, 0.2) is 41.5 Å². The van der Waals surface area contributed by atoms with E-state index in [-0.39, 0.29) is 5.88 Å². The number of aryl methyl sites for hydroxylation is 3. The number of rotatable bonds is 11. The molecule has 1 saturated heterocycles. The van der Waals surface area contributed by atoms with Crippen molar-refractivity contribution in [3.8, 4) is 11.6 Å². The van der Waals surface area contributed by atoms with Gasteiger partial charge in [-0.25, -0.2) is 4.79 Å². The highest BCUT2D eigenvalue weighted by Crippen LogP contribution is 2.34. The van der Waals surface area contributed by atoms with Gasteiger partial charge in [0.1, 0.15) is 30.2 Å². The fourth-order valence-electron chi connectivity index (χ4n) is 4.59. The van der Waals surface area contributed by atoms with Crippen LogP contribution in [0.2, 0.25) is 0 Å². The molecular weight excluding hydrogens is 524 g/mol. The van der Waals surface area contributed by atoms with Crippen LogP contribution in [0.25, 0.3) is 21.3 Å². The van der Waals surface area contributed by atoms with Gasteiger partial charge in [0.15, 0.2) is 0 Å². The number of amides is 1. The molecule has 0 unspecified atom stereocenters. The lowest BCUT2D eigenvalue weighted by Crippen LogP contribution is -2.60. The third kappa shape index (κ3) is 6.28. The molecule has 0 spiro atoms. The number of aliphatic hydroxyl groups is 4. The maximum absolute atomic E-state index is 12.2. The van der Waals surface area contributed by atoms with Crippen molar-refractivity contribution in [1.29, 1.82) is 0 Å². The number of azide groups is 1. The lowest BCUT2D eigenvalue weighted by molar-refractivity contribution is -0.277. The Balaban J connectivity index is 1.57. The molecule has 0 radical (unpaired) electrons. The summed E-state index contributed by atoms with van der Waals surface area (Å²) in [4.78, 5) is 14.9. The number of primary amides is 1. The van der Waals surface area contributed by atoms with Crippen LogP contribution in [-0.4, -0.2) is 86.7 Å². The second-order valence-electron chi connectivity index (χ2n) is 9.43. The minimum absolute atomic E-state index is 0.0543. The van der Waals surface area contributed by atoms with Gasteiger partial charge in [-0.3, -0.25) is 0 Å². The van der Waals surface area contributed by atoms with Crippen molar-refractivity contribution in [3.05, 3.63) is 63.5 Å². The van der Waals surface area contributed by atoms with Gasteiger partial charge in [-0.2, -0.15) is 4.68 Å². The normalized spacial score (nSPS) is 22.6. The number of carbonyl (C=O) groups excluding carboxylic acids is 1. The number of hydrogen-bond acceptors (Lipinski definition) is 10. The monoisotopic (exact) mass is 556 g/mol. The summed E-state index contributed by atoms with van der Waals surface area (Å²) in [6, 6.07) is 10.3. The maximum atomic E-state index is 12.2. The molecule has 1 amide bonds. The minimum Gasteiger partial charge on any atom is -0.494 e. The fourth-order valence-corrected chi connectivity index (χ4v) is 4.59. The van der Waals surface area contributed by atoms with Crippen LogP contribution in [0.4, 0.5) is 4.79 Å². The molecule has 40 heavy (non-hydrogen) atoms. The number of fused-ring (bicyclic) bond motifs is 1. The van der Waals surface area contributed by atoms with Gasteiger partial charge in [-0.1, -0.05) is 23.3 Å². The Morgan fingerprint density at radius 2 is 1.90 bits per heavy atom. The van der Waals surface area contributed by atoms with Crippen molar-refractivity contribution in [3.63, 3.8) is 0 Å². The lowest BCUT2D eigenvalue weighted by atomic mass is 9.97. The molecule has 1 aliphatic heterocycles. The summed E-state index contributed by atoms with van der Waals surface area (Å²) in [7, 11) is 0. The largest absolute Gasteiger partial charge is 0.494 e. The minimum atomic E-state index is -1.65. The van der Waals surface area contributed by atoms with E-state index >= 15 is 0 Å². The van der Waals surface area contributed by atoms with Gasteiger partial charge in [0.05, 0.1) is 24.1 Å². The Hall–Kier alpha value is -3.91. The van der Waals surface area contributed by atoms with E-state index in [2.05, 4.69) is 15.1 Å². The molecule has 6 N–H and O–H groups in total. The van der Waals surface area contributed by atoms with E-state index in [0.29, 0.717) is 49.1 Å². The van der Waals surface area contributed by atoms with E-state index in [9.17, 15) is 25.2 Å². The van der Waals surface area contributed by atoms with Crippen molar-refractivity contribution in [2.45, 2.75) is 56.9 Å². The van der Waals surface area contributed by atoms with E-state index in [4.69, 9.17) is 25.5 Å². The van der Waals surface area contributed by atoms with Crippen LogP contribution < -0.4 is 15.2 Å². The van der Waals surface area contributed by atoms with Crippen molar-refractivity contribution in [1.82, 2.24) is 9.78 Å². The molecule has 0 bridgehead atoms. The highest BCUT2D eigenvalue weighted by atomic mass is 16.7. The lowest BCUT2D eigenvalue weighted by Gasteiger charge is -2.39. The first-order valence-electron chi connectivity index (χ1n) is 12.8. The molecule has 1 aromatic heterocycles. The molecule has 1 fully saturated rings. The van der Waals surface area contributed by atoms with E-state index in [0.717, 1.165) is 21.4 Å². The third-order valence-corrected chi connectivity index (χ3v) is 6.76. The first-order chi connectivity index (χ1) is 19.2. The summed E-state index contributed by atoms with van der Waals surface area (Å²) < 4.78 is 18.0. The Labute approximate surface area is 229 Å². The predicted molar refractivity (Wildman–Crippen MR) is 142 cm³/mol. The number of ether oxygens (including phenoxy) is 3. The Morgan fingerprint density at radius 3 is 2.58 bits per heavy atom. The van der Waals surface area contributed by atoms with E-state index < -0.39 is 43.3 Å². The molecule has 0 aliphatic carbocycles. The summed E-state index contributed by atoms with van der Waals surface area (Å²) in [5.41, 5.74) is 17.0. The second-order valence-corrected chi connectivity index (χ2v) is 9.43.